The third-order valence-electron chi connectivity index (χ3n) is 4.44. The zero-order chi connectivity index (χ0) is 10.3. The lowest BCUT2D eigenvalue weighted by Crippen LogP contribution is -2.33. The van der Waals surface area contributed by atoms with Crippen molar-refractivity contribution in [1.82, 2.24) is 4.90 Å². The molecule has 1 aliphatic carbocycles. The zero-order valence-electron chi connectivity index (χ0n) is 9.20. The van der Waals surface area contributed by atoms with Gasteiger partial charge in [-0.15, -0.1) is 0 Å². The van der Waals surface area contributed by atoms with Crippen molar-refractivity contribution >= 4 is 27.7 Å². The summed E-state index contributed by atoms with van der Waals surface area (Å²) in [6.07, 6.45) is 5.76. The van der Waals surface area contributed by atoms with Crippen molar-refractivity contribution in [2.75, 3.05) is 24.6 Å². The molecule has 0 radical (unpaired) electrons. The summed E-state index contributed by atoms with van der Waals surface area (Å²) in [5.74, 6) is 4.84. The molecule has 2 heterocycles. The van der Waals surface area contributed by atoms with Gasteiger partial charge >= 0.3 is 0 Å². The summed E-state index contributed by atoms with van der Waals surface area (Å²) in [4.78, 5) is 3.62. The Kier molecular flexibility index (Phi) is 3.33. The molecule has 0 aromatic rings. The lowest BCUT2D eigenvalue weighted by atomic mass is 9.82. The summed E-state index contributed by atoms with van der Waals surface area (Å²) in [7, 11) is 0. The van der Waals surface area contributed by atoms with E-state index in [9.17, 15) is 0 Å². The summed E-state index contributed by atoms with van der Waals surface area (Å²) in [6, 6.07) is 0.925. The van der Waals surface area contributed by atoms with Crippen LogP contribution in [-0.4, -0.2) is 40.4 Å². The van der Waals surface area contributed by atoms with Crippen LogP contribution in [0.15, 0.2) is 0 Å². The van der Waals surface area contributed by atoms with E-state index in [0.29, 0.717) is 0 Å². The minimum Gasteiger partial charge on any atom is -0.299 e. The van der Waals surface area contributed by atoms with Crippen LogP contribution in [0.4, 0.5) is 0 Å². The Morgan fingerprint density at radius 2 is 1.93 bits per heavy atom. The van der Waals surface area contributed by atoms with Gasteiger partial charge in [0.1, 0.15) is 0 Å². The monoisotopic (exact) mass is 289 g/mol. The van der Waals surface area contributed by atoms with Crippen LogP contribution in [-0.2, 0) is 0 Å². The van der Waals surface area contributed by atoms with Crippen molar-refractivity contribution in [3.05, 3.63) is 0 Å². The van der Waals surface area contributed by atoms with Crippen LogP contribution in [0.1, 0.15) is 25.7 Å². The quantitative estimate of drug-likeness (QED) is 0.683. The molecule has 0 N–H and O–H groups in total. The number of alkyl halides is 1. The number of rotatable bonds is 1. The standard InChI is InChI=1S/C12H20BrNS/c13-11-2-1-9-6-14(7-10(9)5-11)12-3-4-15-8-12/h9-12H,1-8H2. The van der Waals surface area contributed by atoms with Crippen molar-refractivity contribution in [1.29, 1.82) is 0 Å². The van der Waals surface area contributed by atoms with Crippen LogP contribution in [0.5, 0.6) is 0 Å². The molecule has 3 aliphatic rings. The fraction of sp³-hybridized carbons (Fsp3) is 1.00. The second-order valence-corrected chi connectivity index (χ2v) is 7.85. The van der Waals surface area contributed by atoms with Crippen LogP contribution in [0.3, 0.4) is 0 Å². The molecule has 15 heavy (non-hydrogen) atoms. The van der Waals surface area contributed by atoms with Gasteiger partial charge in [0, 0.05) is 29.7 Å². The molecule has 1 nitrogen and oxygen atoms in total. The van der Waals surface area contributed by atoms with Gasteiger partial charge in [0.05, 0.1) is 0 Å². The molecule has 4 unspecified atom stereocenters. The molecule has 86 valence electrons. The molecule has 0 aromatic carbocycles. The Hall–Kier alpha value is 0.790. The molecule has 2 saturated heterocycles. The highest BCUT2D eigenvalue weighted by molar-refractivity contribution is 9.09. The lowest BCUT2D eigenvalue weighted by Gasteiger charge is -2.27. The van der Waals surface area contributed by atoms with Crippen LogP contribution < -0.4 is 0 Å². The van der Waals surface area contributed by atoms with Crippen molar-refractivity contribution in [2.24, 2.45) is 11.8 Å². The maximum Gasteiger partial charge on any atom is 0.0194 e. The van der Waals surface area contributed by atoms with E-state index in [0.717, 1.165) is 22.7 Å². The van der Waals surface area contributed by atoms with Gasteiger partial charge in [-0.1, -0.05) is 15.9 Å². The van der Waals surface area contributed by atoms with Crippen molar-refractivity contribution < 1.29 is 0 Å². The van der Waals surface area contributed by atoms with Crippen molar-refractivity contribution in [3.63, 3.8) is 0 Å². The Labute approximate surface area is 105 Å². The van der Waals surface area contributed by atoms with Crippen molar-refractivity contribution in [3.8, 4) is 0 Å². The van der Waals surface area contributed by atoms with Gasteiger partial charge in [-0.25, -0.2) is 0 Å². The summed E-state index contributed by atoms with van der Waals surface area (Å²) >= 11 is 5.96. The average molecular weight is 290 g/mol. The van der Waals surface area contributed by atoms with E-state index >= 15 is 0 Å². The van der Waals surface area contributed by atoms with Gasteiger partial charge in [0.25, 0.3) is 0 Å². The first-order chi connectivity index (χ1) is 7.33. The summed E-state index contributed by atoms with van der Waals surface area (Å²) in [5.41, 5.74) is 0. The van der Waals surface area contributed by atoms with E-state index in [1.165, 1.54) is 50.3 Å². The summed E-state index contributed by atoms with van der Waals surface area (Å²) < 4.78 is 0. The van der Waals surface area contributed by atoms with E-state index in [-0.39, 0.29) is 0 Å². The van der Waals surface area contributed by atoms with Gasteiger partial charge in [0.2, 0.25) is 0 Å². The second-order valence-electron chi connectivity index (χ2n) is 5.40. The predicted octanol–water partition coefficient (Wildman–Crippen LogP) is 2.99. The fourth-order valence-electron chi connectivity index (χ4n) is 3.52. The van der Waals surface area contributed by atoms with Crippen molar-refractivity contribution in [2.45, 2.75) is 36.6 Å². The first-order valence-corrected chi connectivity index (χ1v) is 8.36. The largest absolute Gasteiger partial charge is 0.299 e. The highest BCUT2D eigenvalue weighted by Crippen LogP contribution is 2.40. The van der Waals surface area contributed by atoms with Gasteiger partial charge in [-0.2, -0.15) is 11.8 Å². The minimum absolute atomic E-state index is 0.816. The highest BCUT2D eigenvalue weighted by atomic mass is 79.9. The number of halogens is 1. The van der Waals surface area contributed by atoms with Gasteiger partial charge in [-0.3, -0.25) is 4.90 Å². The molecular formula is C12H20BrNS. The van der Waals surface area contributed by atoms with E-state index in [1.54, 1.807) is 0 Å². The highest BCUT2D eigenvalue weighted by Gasteiger charge is 2.39. The Bertz CT molecular complexity index is 230. The molecule has 0 aromatic heterocycles. The first kappa shape index (κ1) is 10.9. The molecule has 3 fully saturated rings. The Morgan fingerprint density at radius 3 is 2.73 bits per heavy atom. The molecule has 2 aliphatic heterocycles. The summed E-state index contributed by atoms with van der Waals surface area (Å²) in [5, 5.41) is 0. The molecule has 0 bridgehead atoms. The number of hydrogen-bond acceptors (Lipinski definition) is 2. The number of thioether (sulfide) groups is 1. The fourth-order valence-corrected chi connectivity index (χ4v) is 5.52. The third-order valence-corrected chi connectivity index (χ3v) is 6.41. The Morgan fingerprint density at radius 1 is 1.07 bits per heavy atom. The van der Waals surface area contributed by atoms with Gasteiger partial charge in [0.15, 0.2) is 0 Å². The molecule has 4 atom stereocenters. The van der Waals surface area contributed by atoms with E-state index < -0.39 is 0 Å². The van der Waals surface area contributed by atoms with Crippen LogP contribution in [0.2, 0.25) is 0 Å². The van der Waals surface area contributed by atoms with E-state index in [4.69, 9.17) is 0 Å². The minimum atomic E-state index is 0.816. The topological polar surface area (TPSA) is 3.24 Å². The average Bonchev–Trinajstić information content (AvgIpc) is 2.84. The summed E-state index contributed by atoms with van der Waals surface area (Å²) in [6.45, 7) is 2.81. The molecule has 0 spiro atoms. The molecular weight excluding hydrogens is 270 g/mol. The molecule has 1 saturated carbocycles. The zero-order valence-corrected chi connectivity index (χ0v) is 11.6. The number of likely N-dealkylation sites (tertiary alicyclic amines) is 1. The van der Waals surface area contributed by atoms with Gasteiger partial charge < -0.3 is 0 Å². The van der Waals surface area contributed by atoms with Crippen LogP contribution >= 0.6 is 27.7 Å². The number of hydrogen-bond donors (Lipinski definition) is 0. The van der Waals surface area contributed by atoms with Crippen LogP contribution in [0.25, 0.3) is 0 Å². The Balaban J connectivity index is 1.61. The SMILES string of the molecule is BrC1CCC2CN(C3CCSC3)CC2C1. The smallest absolute Gasteiger partial charge is 0.0194 e. The maximum atomic E-state index is 3.81. The van der Waals surface area contributed by atoms with Crippen LogP contribution in [0, 0.1) is 11.8 Å². The second kappa shape index (κ2) is 4.58. The van der Waals surface area contributed by atoms with Gasteiger partial charge in [-0.05, 0) is 43.3 Å². The molecule has 3 rings (SSSR count). The first-order valence-electron chi connectivity index (χ1n) is 6.29. The maximum absolute atomic E-state index is 3.81. The predicted molar refractivity (Wildman–Crippen MR) is 70.8 cm³/mol. The number of fused-ring (bicyclic) bond motifs is 1. The van der Waals surface area contributed by atoms with E-state index in [1.807, 2.05) is 0 Å². The van der Waals surface area contributed by atoms with E-state index in [2.05, 4.69) is 32.6 Å². The molecule has 0 amide bonds. The molecule has 3 heteroatoms. The normalized spacial score (nSPS) is 47.0. The third kappa shape index (κ3) is 2.25. The lowest BCUT2D eigenvalue weighted by molar-refractivity contribution is 0.250. The number of nitrogens with zero attached hydrogens (tertiary/aromatic N) is 1.